The summed E-state index contributed by atoms with van der Waals surface area (Å²) in [7, 11) is 2.94. The van der Waals surface area contributed by atoms with Gasteiger partial charge in [0.1, 0.15) is 22.9 Å². The van der Waals surface area contributed by atoms with E-state index in [9.17, 15) is 9.18 Å². The van der Waals surface area contributed by atoms with Crippen molar-refractivity contribution in [3.8, 4) is 17.2 Å². The van der Waals surface area contributed by atoms with E-state index in [1.165, 1.54) is 31.0 Å². The Morgan fingerprint density at radius 2 is 1.85 bits per heavy atom. The van der Waals surface area contributed by atoms with E-state index in [1.54, 1.807) is 30.3 Å². The molecule has 26 heavy (non-hydrogen) atoms. The highest BCUT2D eigenvalue weighted by Crippen LogP contribution is 2.28. The van der Waals surface area contributed by atoms with Gasteiger partial charge in [0.2, 0.25) is 0 Å². The van der Waals surface area contributed by atoms with Crippen molar-refractivity contribution < 1.29 is 18.7 Å². The van der Waals surface area contributed by atoms with Gasteiger partial charge in [-0.15, -0.1) is 5.10 Å². The Kier molecular flexibility index (Phi) is 5.07. The second kappa shape index (κ2) is 7.60. The van der Waals surface area contributed by atoms with Crippen molar-refractivity contribution in [2.75, 3.05) is 14.2 Å². The number of hydrogen-bond donors (Lipinski definition) is 1. The average Bonchev–Trinajstić information content (AvgIpc) is 3.14. The maximum Gasteiger partial charge on any atom is 0.259 e. The molecule has 3 rings (SSSR count). The summed E-state index contributed by atoms with van der Waals surface area (Å²) in [6, 6.07) is 10.9. The van der Waals surface area contributed by atoms with Gasteiger partial charge in [-0.1, -0.05) is 12.1 Å². The number of benzene rings is 2. The summed E-state index contributed by atoms with van der Waals surface area (Å²) in [5.74, 6) is 0.288. The van der Waals surface area contributed by atoms with Crippen LogP contribution in [0.25, 0.3) is 5.69 Å². The third kappa shape index (κ3) is 3.46. The van der Waals surface area contributed by atoms with Crippen molar-refractivity contribution in [3.05, 3.63) is 59.7 Å². The zero-order valence-corrected chi connectivity index (χ0v) is 14.1. The lowest BCUT2D eigenvalue weighted by Gasteiger charge is -2.13. The number of methoxy groups -OCH3 is 2. The lowest BCUT2D eigenvalue weighted by atomic mass is 10.1. The Bertz CT molecular complexity index is 906. The molecule has 0 aliphatic rings. The summed E-state index contributed by atoms with van der Waals surface area (Å²) in [6.45, 7) is 0.0313. The van der Waals surface area contributed by atoms with Crippen LogP contribution in [0.4, 0.5) is 4.39 Å². The van der Waals surface area contributed by atoms with E-state index in [1.807, 2.05) is 0 Å². The first-order valence-electron chi connectivity index (χ1n) is 7.66. The molecule has 0 bridgehead atoms. The molecule has 0 saturated heterocycles. The van der Waals surface area contributed by atoms with Gasteiger partial charge < -0.3 is 14.8 Å². The van der Waals surface area contributed by atoms with Crippen molar-refractivity contribution in [2.45, 2.75) is 6.54 Å². The van der Waals surface area contributed by atoms with E-state index in [0.717, 1.165) is 0 Å². The summed E-state index contributed by atoms with van der Waals surface area (Å²) >= 11 is 0. The third-order valence-electron chi connectivity index (χ3n) is 3.65. The molecule has 0 radical (unpaired) electrons. The van der Waals surface area contributed by atoms with Crippen LogP contribution in [0, 0.1) is 5.82 Å². The SMILES string of the molecule is COc1cccc(OC)c1C(=O)NCc1nnnn1-c1cccc(F)c1. The normalized spacial score (nSPS) is 10.4. The maximum absolute atomic E-state index is 13.4. The number of tetrazole rings is 1. The van der Waals surface area contributed by atoms with Crippen molar-refractivity contribution in [1.82, 2.24) is 25.5 Å². The zero-order valence-electron chi connectivity index (χ0n) is 14.1. The average molecular weight is 357 g/mol. The molecule has 2 aromatic carbocycles. The minimum Gasteiger partial charge on any atom is -0.496 e. The van der Waals surface area contributed by atoms with E-state index in [2.05, 4.69) is 20.8 Å². The van der Waals surface area contributed by atoms with Gasteiger partial charge in [-0.25, -0.2) is 4.39 Å². The molecule has 0 saturated carbocycles. The van der Waals surface area contributed by atoms with Crippen molar-refractivity contribution in [3.63, 3.8) is 0 Å². The first-order valence-corrected chi connectivity index (χ1v) is 7.66. The van der Waals surface area contributed by atoms with Crippen molar-refractivity contribution in [2.24, 2.45) is 0 Å². The molecule has 1 amide bonds. The molecule has 1 N–H and O–H groups in total. The maximum atomic E-state index is 13.4. The van der Waals surface area contributed by atoms with E-state index in [-0.39, 0.29) is 12.1 Å². The summed E-state index contributed by atoms with van der Waals surface area (Å²) in [5, 5.41) is 14.0. The summed E-state index contributed by atoms with van der Waals surface area (Å²) in [5.41, 5.74) is 0.719. The Morgan fingerprint density at radius 1 is 1.15 bits per heavy atom. The fourth-order valence-corrected chi connectivity index (χ4v) is 2.45. The molecule has 0 aliphatic heterocycles. The van der Waals surface area contributed by atoms with Gasteiger partial charge in [0, 0.05) is 0 Å². The highest BCUT2D eigenvalue weighted by Gasteiger charge is 2.19. The molecule has 8 nitrogen and oxygen atoms in total. The number of nitrogens with one attached hydrogen (secondary N) is 1. The fourth-order valence-electron chi connectivity index (χ4n) is 2.45. The van der Waals surface area contributed by atoms with Gasteiger partial charge in [0.05, 0.1) is 26.5 Å². The summed E-state index contributed by atoms with van der Waals surface area (Å²) in [6.07, 6.45) is 0. The van der Waals surface area contributed by atoms with Gasteiger partial charge in [-0.3, -0.25) is 4.79 Å². The molecule has 1 aromatic heterocycles. The van der Waals surface area contributed by atoms with Crippen LogP contribution in [0.2, 0.25) is 0 Å². The number of rotatable bonds is 6. The van der Waals surface area contributed by atoms with Crippen LogP contribution >= 0.6 is 0 Å². The van der Waals surface area contributed by atoms with Crippen LogP contribution in [-0.2, 0) is 6.54 Å². The van der Waals surface area contributed by atoms with Gasteiger partial charge in [0.25, 0.3) is 5.91 Å². The number of amides is 1. The van der Waals surface area contributed by atoms with Crippen LogP contribution < -0.4 is 14.8 Å². The van der Waals surface area contributed by atoms with Crippen LogP contribution in [0.15, 0.2) is 42.5 Å². The predicted molar refractivity (Wildman–Crippen MR) is 89.8 cm³/mol. The molecule has 0 spiro atoms. The quantitative estimate of drug-likeness (QED) is 0.723. The third-order valence-corrected chi connectivity index (χ3v) is 3.65. The minimum absolute atomic E-state index is 0.0313. The van der Waals surface area contributed by atoms with Gasteiger partial charge in [-0.05, 0) is 40.8 Å². The lowest BCUT2D eigenvalue weighted by Crippen LogP contribution is -2.25. The number of ether oxygens (including phenoxy) is 2. The second-order valence-electron chi connectivity index (χ2n) is 5.21. The molecule has 0 unspecified atom stereocenters. The molecular formula is C17H16FN5O3. The number of carbonyl (C=O) groups excluding carboxylic acids is 1. The van der Waals surface area contributed by atoms with E-state index in [4.69, 9.17) is 9.47 Å². The second-order valence-corrected chi connectivity index (χ2v) is 5.21. The highest BCUT2D eigenvalue weighted by atomic mass is 19.1. The smallest absolute Gasteiger partial charge is 0.259 e. The number of aromatic nitrogens is 4. The number of hydrogen-bond acceptors (Lipinski definition) is 6. The van der Waals surface area contributed by atoms with Gasteiger partial charge >= 0.3 is 0 Å². The number of nitrogens with zero attached hydrogens (tertiary/aromatic N) is 4. The molecule has 0 aliphatic carbocycles. The molecule has 0 atom stereocenters. The van der Waals surface area contributed by atoms with Gasteiger partial charge in [0.15, 0.2) is 5.82 Å². The van der Waals surface area contributed by atoms with E-state index < -0.39 is 11.7 Å². The Labute approximate surface area is 148 Å². The largest absolute Gasteiger partial charge is 0.496 e. The Hall–Kier alpha value is -3.49. The lowest BCUT2D eigenvalue weighted by molar-refractivity contribution is 0.0943. The molecule has 9 heteroatoms. The standard InChI is InChI=1S/C17H16FN5O3/c1-25-13-7-4-8-14(26-2)16(13)17(24)19-10-15-20-21-22-23(15)12-6-3-5-11(18)9-12/h3-9H,10H2,1-2H3,(H,19,24). The van der Waals surface area contributed by atoms with Crippen LogP contribution in [0.3, 0.4) is 0 Å². The first-order chi connectivity index (χ1) is 12.6. The topological polar surface area (TPSA) is 91.2 Å². The fraction of sp³-hybridized carbons (Fsp3) is 0.176. The molecule has 3 aromatic rings. The predicted octanol–water partition coefficient (Wildman–Crippen LogP) is 1.75. The molecule has 1 heterocycles. The van der Waals surface area contributed by atoms with Crippen LogP contribution in [0.1, 0.15) is 16.2 Å². The molecular weight excluding hydrogens is 341 g/mol. The van der Waals surface area contributed by atoms with Crippen molar-refractivity contribution in [1.29, 1.82) is 0 Å². The number of halogens is 1. The van der Waals surface area contributed by atoms with Crippen molar-refractivity contribution >= 4 is 5.91 Å². The van der Waals surface area contributed by atoms with E-state index >= 15 is 0 Å². The molecule has 134 valence electrons. The van der Waals surface area contributed by atoms with Crippen LogP contribution in [0.5, 0.6) is 11.5 Å². The van der Waals surface area contributed by atoms with Gasteiger partial charge in [-0.2, -0.15) is 4.68 Å². The van der Waals surface area contributed by atoms with Crippen LogP contribution in [-0.4, -0.2) is 40.3 Å². The monoisotopic (exact) mass is 357 g/mol. The summed E-state index contributed by atoms with van der Waals surface area (Å²) in [4.78, 5) is 12.6. The minimum atomic E-state index is -0.410. The Balaban J connectivity index is 1.81. The zero-order chi connectivity index (χ0) is 18.5. The Morgan fingerprint density at radius 3 is 2.50 bits per heavy atom. The first kappa shape index (κ1) is 17.3. The highest BCUT2D eigenvalue weighted by molar-refractivity contribution is 5.99. The number of carbonyl (C=O) groups is 1. The molecule has 0 fully saturated rings. The summed E-state index contributed by atoms with van der Waals surface area (Å²) < 4.78 is 25.2. The van der Waals surface area contributed by atoms with E-state index in [0.29, 0.717) is 23.0 Å².